The monoisotopic (exact) mass is 217 g/mol. The molecule has 2 unspecified atom stereocenters. The molecule has 4 nitrogen and oxygen atoms in total. The van der Waals surface area contributed by atoms with Gasteiger partial charge in [-0.3, -0.25) is 0 Å². The number of carbonyl (C=O) groups is 1. The van der Waals surface area contributed by atoms with Gasteiger partial charge in [0.1, 0.15) is 6.10 Å². The van der Waals surface area contributed by atoms with Gasteiger partial charge in [-0.05, 0) is 12.0 Å². The molecule has 0 spiro atoms. The van der Waals surface area contributed by atoms with Gasteiger partial charge in [0.2, 0.25) is 0 Å². The summed E-state index contributed by atoms with van der Waals surface area (Å²) in [5.41, 5.74) is 6.37. The van der Waals surface area contributed by atoms with Crippen molar-refractivity contribution in [3.05, 3.63) is 35.9 Å². The van der Waals surface area contributed by atoms with E-state index < -0.39 is 18.1 Å². The summed E-state index contributed by atoms with van der Waals surface area (Å²) < 4.78 is 0. The number of benzene rings is 1. The molecule has 0 aliphatic carbocycles. The van der Waals surface area contributed by atoms with Crippen molar-refractivity contribution in [1.29, 1.82) is 0 Å². The average Bonchev–Trinajstić information content (AvgIpc) is 2.18. The van der Waals surface area contributed by atoms with Crippen LogP contribution in [0.2, 0.25) is 0 Å². The Morgan fingerprint density at radius 3 is 2.40 bits per heavy atom. The summed E-state index contributed by atoms with van der Waals surface area (Å²) in [6.45, 7) is 0. The maximum Gasteiger partial charge on any atom is 1.00 e. The number of aliphatic carboxylic acids is 1. The summed E-state index contributed by atoms with van der Waals surface area (Å²) in [4.78, 5) is 10.3. The summed E-state index contributed by atoms with van der Waals surface area (Å²) in [7, 11) is 0. The molecule has 0 fully saturated rings. The molecule has 0 amide bonds. The number of nitrogens with two attached hydrogens (primary N) is 1. The number of hydrogen-bond acceptors (Lipinski definition) is 4. The molecule has 1 aromatic rings. The minimum atomic E-state index is -1.62. The van der Waals surface area contributed by atoms with Gasteiger partial charge < -0.3 is 20.7 Å². The molecule has 1 aromatic carbocycles. The van der Waals surface area contributed by atoms with Crippen LogP contribution in [0.4, 0.5) is 0 Å². The number of carboxylic acid groups (broad SMARTS) is 1. The van der Waals surface area contributed by atoms with E-state index in [2.05, 4.69) is 0 Å². The van der Waals surface area contributed by atoms with Gasteiger partial charge >= 0.3 is 29.6 Å². The van der Waals surface area contributed by atoms with Gasteiger partial charge in [0.15, 0.2) is 0 Å². The summed E-state index contributed by atoms with van der Waals surface area (Å²) in [6.07, 6.45) is -1.30. The van der Waals surface area contributed by atoms with Crippen molar-refractivity contribution in [2.24, 2.45) is 5.73 Å². The zero-order chi connectivity index (χ0) is 10.6. The summed E-state index contributed by atoms with van der Waals surface area (Å²) in [5.74, 6) is -1.53. The summed E-state index contributed by atoms with van der Waals surface area (Å²) in [5, 5.41) is 19.4. The topological polar surface area (TPSA) is 86.4 Å². The van der Waals surface area contributed by atoms with Crippen LogP contribution in [0.25, 0.3) is 0 Å². The maximum atomic E-state index is 10.3. The largest absolute Gasteiger partial charge is 1.00 e. The molecule has 3 N–H and O–H groups in total. The Hall–Kier alpha value is -0.390. The first-order chi connectivity index (χ1) is 6.61. The molecule has 0 aromatic heterocycles. The van der Waals surface area contributed by atoms with Gasteiger partial charge in [0.05, 0.1) is 5.97 Å². The number of carbonyl (C=O) groups excluding carboxylic acids is 1. The molecule has 0 aliphatic heterocycles. The van der Waals surface area contributed by atoms with Crippen molar-refractivity contribution in [2.75, 3.05) is 0 Å². The molecule has 5 heteroatoms. The fourth-order valence-corrected chi connectivity index (χ4v) is 1.17. The summed E-state index contributed by atoms with van der Waals surface area (Å²) in [6, 6.07) is 8.32. The second-order valence-corrected chi connectivity index (χ2v) is 3.12. The van der Waals surface area contributed by atoms with E-state index in [9.17, 15) is 9.90 Å². The predicted octanol–water partition coefficient (Wildman–Crippen LogP) is -4.33. The zero-order valence-corrected chi connectivity index (χ0v) is 10.6. The van der Waals surface area contributed by atoms with E-state index in [4.69, 9.17) is 10.8 Å². The fraction of sp³-hybridized carbons (Fsp3) is 0.300. The quantitative estimate of drug-likeness (QED) is 0.499. The molecule has 0 saturated carbocycles. The van der Waals surface area contributed by atoms with Gasteiger partial charge in [-0.1, -0.05) is 30.3 Å². The predicted molar refractivity (Wildman–Crippen MR) is 49.1 cm³/mol. The van der Waals surface area contributed by atoms with Crippen LogP contribution in [0, 0.1) is 0 Å². The van der Waals surface area contributed by atoms with Gasteiger partial charge in [-0.25, -0.2) is 0 Å². The normalized spacial score (nSPS) is 13.7. The first-order valence-corrected chi connectivity index (χ1v) is 4.29. The molecule has 2 atom stereocenters. The molecule has 0 aliphatic rings. The van der Waals surface area contributed by atoms with E-state index in [1.807, 2.05) is 30.3 Å². The van der Waals surface area contributed by atoms with Gasteiger partial charge in [0, 0.05) is 6.04 Å². The van der Waals surface area contributed by atoms with Crippen LogP contribution in [-0.2, 0) is 11.2 Å². The van der Waals surface area contributed by atoms with Crippen LogP contribution >= 0.6 is 0 Å². The van der Waals surface area contributed by atoms with Crippen molar-refractivity contribution >= 4 is 5.97 Å². The Kier molecular flexibility index (Phi) is 6.80. The number of hydrogen-bond donors (Lipinski definition) is 2. The Bertz CT molecular complexity index is 305. The second kappa shape index (κ2) is 6.98. The molecule has 0 bridgehead atoms. The van der Waals surface area contributed by atoms with Crippen LogP contribution in [-0.4, -0.2) is 23.2 Å². The van der Waals surface area contributed by atoms with E-state index in [-0.39, 0.29) is 29.6 Å². The Labute approximate surface area is 110 Å². The zero-order valence-electron chi connectivity index (χ0n) is 8.59. The van der Waals surface area contributed by atoms with Gasteiger partial charge in [0.25, 0.3) is 0 Å². The van der Waals surface area contributed by atoms with Gasteiger partial charge in [-0.2, -0.15) is 0 Å². The molecule has 15 heavy (non-hydrogen) atoms. The van der Waals surface area contributed by atoms with E-state index >= 15 is 0 Å². The molecule has 1 rings (SSSR count). The Morgan fingerprint density at radius 2 is 1.93 bits per heavy atom. The maximum absolute atomic E-state index is 10.3. The molecular weight excluding hydrogens is 205 g/mol. The third-order valence-electron chi connectivity index (χ3n) is 1.96. The smallest absolute Gasteiger partial charge is 0.547 e. The third kappa shape index (κ3) is 4.77. The Morgan fingerprint density at radius 1 is 1.40 bits per heavy atom. The SMILES string of the molecule is NC(Cc1ccccc1)C(O)C(=O)[O-].[Na+]. The van der Waals surface area contributed by atoms with Crippen LogP contribution < -0.4 is 40.4 Å². The fourth-order valence-electron chi connectivity index (χ4n) is 1.17. The molecule has 76 valence electrons. The van der Waals surface area contributed by atoms with Crippen LogP contribution in [0.15, 0.2) is 30.3 Å². The summed E-state index contributed by atoms with van der Waals surface area (Å²) >= 11 is 0. The van der Waals surface area contributed by atoms with Crippen molar-refractivity contribution in [3.8, 4) is 0 Å². The van der Waals surface area contributed by atoms with Gasteiger partial charge in [-0.15, -0.1) is 0 Å². The standard InChI is InChI=1S/C10H13NO3.Na/c11-8(9(12)10(13)14)6-7-4-2-1-3-5-7;/h1-5,8-9,12H,6,11H2,(H,13,14);/q;+1/p-1. The number of aliphatic hydroxyl groups is 1. The van der Waals surface area contributed by atoms with Crippen molar-refractivity contribution < 1.29 is 44.6 Å². The van der Waals surface area contributed by atoms with Crippen LogP contribution in [0.5, 0.6) is 0 Å². The van der Waals surface area contributed by atoms with E-state index in [1.165, 1.54) is 0 Å². The van der Waals surface area contributed by atoms with Crippen molar-refractivity contribution in [3.63, 3.8) is 0 Å². The molecule has 0 saturated heterocycles. The molecule has 0 heterocycles. The minimum absolute atomic E-state index is 0. The Balaban J connectivity index is 0.00000196. The number of rotatable bonds is 4. The molecule has 0 radical (unpaired) electrons. The first kappa shape index (κ1) is 14.6. The third-order valence-corrected chi connectivity index (χ3v) is 1.96. The molecular formula is C10H12NNaO3. The van der Waals surface area contributed by atoms with E-state index in [0.717, 1.165) is 5.56 Å². The number of aliphatic hydroxyl groups excluding tert-OH is 1. The van der Waals surface area contributed by atoms with E-state index in [1.54, 1.807) is 0 Å². The van der Waals surface area contributed by atoms with E-state index in [0.29, 0.717) is 6.42 Å². The van der Waals surface area contributed by atoms with Crippen LogP contribution in [0.1, 0.15) is 5.56 Å². The van der Waals surface area contributed by atoms with Crippen molar-refractivity contribution in [1.82, 2.24) is 0 Å². The van der Waals surface area contributed by atoms with Crippen molar-refractivity contribution in [2.45, 2.75) is 18.6 Å². The van der Waals surface area contributed by atoms with Crippen LogP contribution in [0.3, 0.4) is 0 Å². The minimum Gasteiger partial charge on any atom is -0.547 e. The first-order valence-electron chi connectivity index (χ1n) is 4.29. The number of carboxylic acids is 1. The average molecular weight is 217 g/mol. The second-order valence-electron chi connectivity index (χ2n) is 3.12.